The first-order valence-electron chi connectivity index (χ1n) is 7.48. The van der Waals surface area contributed by atoms with Gasteiger partial charge in [-0.1, -0.05) is 6.92 Å². The van der Waals surface area contributed by atoms with Crippen LogP contribution < -0.4 is 11.1 Å². The molecule has 0 aromatic carbocycles. The monoisotopic (exact) mass is 320 g/mol. The van der Waals surface area contributed by atoms with E-state index in [0.29, 0.717) is 12.8 Å². The maximum atomic E-state index is 11.8. The van der Waals surface area contributed by atoms with E-state index >= 15 is 0 Å². The Morgan fingerprint density at radius 1 is 1.33 bits per heavy atom. The minimum Gasteiger partial charge on any atom is -0.444 e. The Labute approximate surface area is 127 Å². The lowest BCUT2D eigenvalue weighted by atomic mass is 9.83. The number of amides is 1. The number of ether oxygens (including phenoxy) is 1. The molecule has 0 aliphatic heterocycles. The van der Waals surface area contributed by atoms with E-state index in [-0.39, 0.29) is 29.5 Å². The number of carbonyl (C=O) groups is 1. The highest BCUT2D eigenvalue weighted by atomic mass is 32.2. The molecule has 1 aliphatic carbocycles. The predicted octanol–water partition coefficient (Wildman–Crippen LogP) is 1.44. The summed E-state index contributed by atoms with van der Waals surface area (Å²) in [7, 11) is -3.06. The number of hydrogen-bond acceptors (Lipinski definition) is 5. The van der Waals surface area contributed by atoms with Crippen LogP contribution in [0.3, 0.4) is 0 Å². The first kappa shape index (κ1) is 18.2. The predicted molar refractivity (Wildman–Crippen MR) is 82.8 cm³/mol. The van der Waals surface area contributed by atoms with Crippen LogP contribution in [0.25, 0.3) is 0 Å². The van der Waals surface area contributed by atoms with Crippen molar-refractivity contribution in [1.29, 1.82) is 0 Å². The molecule has 7 heteroatoms. The number of nitrogens with two attached hydrogens (primary N) is 1. The first-order valence-corrected chi connectivity index (χ1v) is 9.30. The summed E-state index contributed by atoms with van der Waals surface area (Å²) in [6.07, 6.45) is 1.59. The van der Waals surface area contributed by atoms with Gasteiger partial charge in [0.2, 0.25) is 0 Å². The third kappa shape index (κ3) is 6.65. The van der Waals surface area contributed by atoms with Crippen molar-refractivity contribution in [3.63, 3.8) is 0 Å². The van der Waals surface area contributed by atoms with Crippen LogP contribution in [0, 0.1) is 5.92 Å². The fraction of sp³-hybridized carbons (Fsp3) is 0.929. The van der Waals surface area contributed by atoms with Crippen molar-refractivity contribution in [3.8, 4) is 0 Å². The van der Waals surface area contributed by atoms with E-state index in [9.17, 15) is 13.2 Å². The molecular weight excluding hydrogens is 292 g/mol. The molecule has 1 aliphatic rings. The summed E-state index contributed by atoms with van der Waals surface area (Å²) in [6.45, 7) is 7.06. The van der Waals surface area contributed by atoms with E-state index in [1.165, 1.54) is 0 Å². The van der Waals surface area contributed by atoms with E-state index in [4.69, 9.17) is 10.5 Å². The van der Waals surface area contributed by atoms with Crippen LogP contribution in [-0.2, 0) is 14.6 Å². The van der Waals surface area contributed by atoms with Gasteiger partial charge in [-0.3, -0.25) is 0 Å². The summed E-state index contributed by atoms with van der Waals surface area (Å²) < 4.78 is 28.7. The minimum absolute atomic E-state index is 0.0725. The van der Waals surface area contributed by atoms with Gasteiger partial charge >= 0.3 is 6.09 Å². The van der Waals surface area contributed by atoms with Crippen LogP contribution in [0.1, 0.15) is 47.0 Å². The van der Waals surface area contributed by atoms with Crippen molar-refractivity contribution in [2.24, 2.45) is 11.7 Å². The lowest BCUT2D eigenvalue weighted by Crippen LogP contribution is -2.48. The van der Waals surface area contributed by atoms with Crippen molar-refractivity contribution in [1.82, 2.24) is 5.32 Å². The van der Waals surface area contributed by atoms with Crippen molar-refractivity contribution < 1.29 is 17.9 Å². The smallest absolute Gasteiger partial charge is 0.407 e. The van der Waals surface area contributed by atoms with Crippen LogP contribution in [0.4, 0.5) is 4.79 Å². The third-order valence-corrected chi connectivity index (χ3v) is 5.49. The molecule has 0 aromatic heterocycles. The molecule has 0 saturated heterocycles. The molecule has 6 nitrogen and oxygen atoms in total. The van der Waals surface area contributed by atoms with Crippen molar-refractivity contribution >= 4 is 15.9 Å². The zero-order valence-corrected chi connectivity index (χ0v) is 14.2. The van der Waals surface area contributed by atoms with E-state index < -0.39 is 21.5 Å². The SMILES string of the molecule is CCS(=O)(=O)C[C@@H]1C[C@H](NC(=O)OC(C)(C)C)CC[C@@H]1N. The second-order valence-electron chi connectivity index (χ2n) is 6.78. The summed E-state index contributed by atoms with van der Waals surface area (Å²) in [4.78, 5) is 11.8. The minimum atomic E-state index is -3.06. The number of hydrogen-bond donors (Lipinski definition) is 2. The molecule has 1 fully saturated rings. The Hall–Kier alpha value is -0.820. The number of carbonyl (C=O) groups excluding carboxylic acids is 1. The van der Waals surface area contributed by atoms with E-state index in [2.05, 4.69) is 5.32 Å². The number of sulfone groups is 1. The summed E-state index contributed by atoms with van der Waals surface area (Å²) in [6, 6.07) is -0.195. The second kappa shape index (κ2) is 6.96. The van der Waals surface area contributed by atoms with Crippen molar-refractivity contribution in [2.75, 3.05) is 11.5 Å². The molecule has 124 valence electrons. The molecule has 0 aromatic rings. The maximum absolute atomic E-state index is 11.8. The Bertz CT molecular complexity index is 456. The average Bonchev–Trinajstić information content (AvgIpc) is 2.30. The van der Waals surface area contributed by atoms with Gasteiger partial charge in [0.1, 0.15) is 15.4 Å². The van der Waals surface area contributed by atoms with Gasteiger partial charge in [-0.05, 0) is 46.0 Å². The zero-order chi connectivity index (χ0) is 16.3. The fourth-order valence-electron chi connectivity index (χ4n) is 2.53. The highest BCUT2D eigenvalue weighted by Gasteiger charge is 2.32. The molecule has 0 bridgehead atoms. The van der Waals surface area contributed by atoms with E-state index in [1.54, 1.807) is 27.7 Å². The Morgan fingerprint density at radius 3 is 2.48 bits per heavy atom. The quantitative estimate of drug-likeness (QED) is 0.816. The number of nitrogens with one attached hydrogen (secondary N) is 1. The molecule has 0 unspecified atom stereocenters. The van der Waals surface area contributed by atoms with Crippen LogP contribution in [-0.4, -0.2) is 43.7 Å². The normalized spacial score (nSPS) is 27.2. The molecule has 1 amide bonds. The Kier molecular flexibility index (Phi) is 6.04. The van der Waals surface area contributed by atoms with Crippen molar-refractivity contribution in [3.05, 3.63) is 0 Å². The summed E-state index contributed by atoms with van der Waals surface area (Å²) in [5.41, 5.74) is 5.49. The first-order chi connectivity index (χ1) is 9.52. The van der Waals surface area contributed by atoms with Crippen LogP contribution in [0.2, 0.25) is 0 Å². The second-order valence-corrected chi connectivity index (χ2v) is 9.18. The molecular formula is C14H28N2O4S. The molecule has 0 radical (unpaired) electrons. The van der Waals surface area contributed by atoms with Crippen LogP contribution in [0.5, 0.6) is 0 Å². The Morgan fingerprint density at radius 2 is 1.95 bits per heavy atom. The van der Waals surface area contributed by atoms with Gasteiger partial charge in [0.15, 0.2) is 0 Å². The fourth-order valence-corrected chi connectivity index (χ4v) is 3.80. The number of alkyl carbamates (subject to hydrolysis) is 1. The van der Waals surface area contributed by atoms with Crippen molar-refractivity contribution in [2.45, 2.75) is 64.6 Å². The number of rotatable bonds is 4. The highest BCUT2D eigenvalue weighted by Crippen LogP contribution is 2.25. The van der Waals surface area contributed by atoms with Crippen LogP contribution >= 0.6 is 0 Å². The standard InChI is InChI=1S/C14H28N2O4S/c1-5-21(18,19)9-10-8-11(6-7-12(10)15)16-13(17)20-14(2,3)4/h10-12H,5-9,15H2,1-4H3,(H,16,17)/t10-,11+,12-/m0/s1. The van der Waals surface area contributed by atoms with Gasteiger partial charge < -0.3 is 15.8 Å². The third-order valence-electron chi connectivity index (χ3n) is 3.67. The molecule has 1 saturated carbocycles. The largest absolute Gasteiger partial charge is 0.444 e. The van der Waals surface area contributed by atoms with Gasteiger partial charge in [0.05, 0.1) is 5.75 Å². The summed E-state index contributed by atoms with van der Waals surface area (Å²) in [5, 5.41) is 2.82. The maximum Gasteiger partial charge on any atom is 0.407 e. The van der Waals surface area contributed by atoms with E-state index in [1.807, 2.05) is 0 Å². The average molecular weight is 320 g/mol. The Balaban J connectivity index is 2.57. The summed E-state index contributed by atoms with van der Waals surface area (Å²) in [5.74, 6) is 0.112. The molecule has 3 atom stereocenters. The molecule has 21 heavy (non-hydrogen) atoms. The van der Waals surface area contributed by atoms with Crippen LogP contribution in [0.15, 0.2) is 0 Å². The molecule has 0 spiro atoms. The molecule has 1 rings (SSSR count). The van der Waals surface area contributed by atoms with E-state index in [0.717, 1.165) is 6.42 Å². The molecule has 3 N–H and O–H groups in total. The lowest BCUT2D eigenvalue weighted by molar-refractivity contribution is 0.0483. The molecule has 0 heterocycles. The zero-order valence-electron chi connectivity index (χ0n) is 13.4. The van der Waals surface area contributed by atoms with Gasteiger partial charge in [-0.15, -0.1) is 0 Å². The lowest BCUT2D eigenvalue weighted by Gasteiger charge is -2.34. The summed E-state index contributed by atoms with van der Waals surface area (Å²) >= 11 is 0. The topological polar surface area (TPSA) is 98.5 Å². The highest BCUT2D eigenvalue weighted by molar-refractivity contribution is 7.91. The van der Waals surface area contributed by atoms with Gasteiger partial charge in [0, 0.05) is 17.8 Å². The van der Waals surface area contributed by atoms with Gasteiger partial charge in [-0.2, -0.15) is 0 Å². The van der Waals surface area contributed by atoms with Gasteiger partial charge in [0.25, 0.3) is 0 Å². The van der Waals surface area contributed by atoms with Gasteiger partial charge in [-0.25, -0.2) is 13.2 Å².